The highest BCUT2D eigenvalue weighted by molar-refractivity contribution is 7.13. The Morgan fingerprint density at radius 2 is 1.41 bits per heavy atom. The Kier molecular flexibility index (Phi) is 14.5. The van der Waals surface area contributed by atoms with E-state index in [0.717, 1.165) is 56.3 Å². The molecule has 66 heavy (non-hydrogen) atoms. The van der Waals surface area contributed by atoms with Crippen LogP contribution in [0.25, 0.3) is 22.1 Å². The fourth-order valence-electron chi connectivity index (χ4n) is 8.08. The van der Waals surface area contributed by atoms with Crippen LogP contribution in [0.2, 0.25) is 0 Å². The predicted molar refractivity (Wildman–Crippen MR) is 255 cm³/mol. The van der Waals surface area contributed by atoms with Crippen LogP contribution >= 0.6 is 11.3 Å². The fraction of sp³-hybridized carbons (Fsp3) is 0.391. The van der Waals surface area contributed by atoms with Crippen molar-refractivity contribution in [2.24, 2.45) is 11.5 Å². The Labute approximate surface area is 386 Å². The van der Waals surface area contributed by atoms with Crippen LogP contribution in [0.4, 0.5) is 11.9 Å². The van der Waals surface area contributed by atoms with E-state index >= 15 is 0 Å². The number of imidazole rings is 2. The molecule has 0 bridgehead atoms. The number of thiazole rings is 1. The van der Waals surface area contributed by atoms with Crippen LogP contribution in [0.5, 0.6) is 11.5 Å². The number of fused-ring (bicyclic) bond motifs is 2. The molecule has 1 aliphatic heterocycles. The van der Waals surface area contributed by atoms with Gasteiger partial charge < -0.3 is 35.0 Å². The summed E-state index contributed by atoms with van der Waals surface area (Å²) in [4.78, 5) is 71.9. The summed E-state index contributed by atoms with van der Waals surface area (Å²) in [6.45, 7) is 19.5. The average molecular weight is 920 g/mol. The lowest BCUT2D eigenvalue weighted by Crippen LogP contribution is -2.45. The highest BCUT2D eigenvalue weighted by Gasteiger charge is 2.25. The molecule has 4 aromatic heterocycles. The Morgan fingerprint density at radius 1 is 0.818 bits per heavy atom. The zero-order valence-electron chi connectivity index (χ0n) is 38.3. The van der Waals surface area contributed by atoms with Crippen LogP contribution in [-0.2, 0) is 26.1 Å². The van der Waals surface area contributed by atoms with Gasteiger partial charge in [-0.3, -0.25) is 39.4 Å². The first kappa shape index (κ1) is 46.9. The molecule has 0 aliphatic carbocycles. The Morgan fingerprint density at radius 3 is 1.97 bits per heavy atom. The Hall–Kier alpha value is -7.06. The number of benzene rings is 2. The zero-order valence-corrected chi connectivity index (χ0v) is 39.1. The van der Waals surface area contributed by atoms with E-state index in [2.05, 4.69) is 44.0 Å². The molecule has 1 fully saturated rings. The van der Waals surface area contributed by atoms with Crippen LogP contribution < -0.4 is 31.6 Å². The van der Waals surface area contributed by atoms with Gasteiger partial charge in [-0.1, -0.05) is 32.6 Å². The van der Waals surface area contributed by atoms with Gasteiger partial charge in [0.15, 0.2) is 0 Å². The number of amides is 4. The molecule has 1 saturated heterocycles. The first-order valence-electron chi connectivity index (χ1n) is 22.0. The number of aromatic nitrogens is 7. The largest absolute Gasteiger partial charge is 0.494 e. The van der Waals surface area contributed by atoms with Crippen LogP contribution in [-0.4, -0.2) is 114 Å². The quantitative estimate of drug-likeness (QED) is 0.0548. The average Bonchev–Trinajstić information content (AvgIpc) is 4.07. The number of methoxy groups -OCH3 is 1. The van der Waals surface area contributed by atoms with Gasteiger partial charge in [-0.15, -0.1) is 11.3 Å². The van der Waals surface area contributed by atoms with Crippen molar-refractivity contribution < 1.29 is 28.7 Å². The minimum absolute atomic E-state index is 0.175. The second-order valence-electron chi connectivity index (χ2n) is 15.9. The molecule has 0 radical (unpaired) electrons. The van der Waals surface area contributed by atoms with E-state index in [1.54, 1.807) is 33.5 Å². The van der Waals surface area contributed by atoms with Crippen molar-refractivity contribution in [2.45, 2.75) is 73.5 Å². The molecule has 0 spiro atoms. The number of piperazine rings is 1. The standard InChI is InChI=1S/C46H57N13O6S/c1-8-28(5)56-19-17-55(18-20-56)14-13-21-65-37-26-31(42(48)61)24-34-39(37)58(46(51-34)53-44(63)40-32(9-2)49-29(6)66-40)16-12-11-15-57-38-33(23-30(41(47)60)25-36(38)64-7)50-45(57)52-43(62)35-22-27(4)54-59(35)10-3/h11-12,22-26H,5,8-10,13-21H2,1-4,6-7H3,(H2,47,60)(H2,48,61)(H,50,52,62)(H,51,53,63)/b12-11+. The molecular weight excluding hydrogens is 863 g/mol. The predicted octanol–water partition coefficient (Wildman–Crippen LogP) is 5.52. The van der Waals surface area contributed by atoms with Gasteiger partial charge in [-0.2, -0.15) is 5.10 Å². The van der Waals surface area contributed by atoms with Gasteiger partial charge in [-0.05, 0) is 70.4 Å². The van der Waals surface area contributed by atoms with E-state index in [1.807, 2.05) is 44.4 Å². The highest BCUT2D eigenvalue weighted by atomic mass is 32.1. The molecule has 6 aromatic rings. The van der Waals surface area contributed by atoms with E-state index in [0.29, 0.717) is 75.1 Å². The normalized spacial score (nSPS) is 13.2. The first-order chi connectivity index (χ1) is 31.7. The third kappa shape index (κ3) is 10.1. The lowest BCUT2D eigenvalue weighted by atomic mass is 10.1. The van der Waals surface area contributed by atoms with Crippen molar-refractivity contribution in [2.75, 3.05) is 57.1 Å². The summed E-state index contributed by atoms with van der Waals surface area (Å²) in [5.41, 5.74) is 16.6. The molecule has 0 saturated carbocycles. The SMILES string of the molecule is C=C(CC)N1CCN(CCCOc2cc(C(N)=O)cc3nc(NC(=O)c4sc(C)nc4CC)n(C/C=C/Cn4c(NC(=O)c5cc(C)nn5CC)nc5cc(C(N)=O)cc(OC)c54)c23)CC1. The third-order valence-electron chi connectivity index (χ3n) is 11.5. The molecule has 0 unspecified atom stereocenters. The number of nitrogens with one attached hydrogen (secondary N) is 2. The third-order valence-corrected chi connectivity index (χ3v) is 12.5. The molecule has 20 heteroatoms. The minimum Gasteiger partial charge on any atom is -0.494 e. The van der Waals surface area contributed by atoms with E-state index in [-0.39, 0.29) is 42.0 Å². The van der Waals surface area contributed by atoms with Crippen molar-refractivity contribution in [3.05, 3.63) is 92.9 Å². The maximum atomic E-state index is 13.9. The molecule has 5 heterocycles. The van der Waals surface area contributed by atoms with Crippen molar-refractivity contribution in [1.82, 2.24) is 43.7 Å². The second-order valence-corrected chi connectivity index (χ2v) is 17.1. The number of ether oxygens (including phenoxy) is 2. The fourth-order valence-corrected chi connectivity index (χ4v) is 8.98. The maximum Gasteiger partial charge on any atom is 0.276 e. The number of nitrogens with zero attached hydrogens (tertiary/aromatic N) is 9. The molecule has 2 aromatic carbocycles. The van der Waals surface area contributed by atoms with Gasteiger partial charge in [0.2, 0.25) is 23.7 Å². The lowest BCUT2D eigenvalue weighted by Gasteiger charge is -2.36. The van der Waals surface area contributed by atoms with Gasteiger partial charge in [0.25, 0.3) is 11.8 Å². The summed E-state index contributed by atoms with van der Waals surface area (Å²) in [7, 11) is 1.47. The van der Waals surface area contributed by atoms with Crippen molar-refractivity contribution in [3.8, 4) is 11.5 Å². The lowest BCUT2D eigenvalue weighted by molar-refractivity contribution is 0.0991. The van der Waals surface area contributed by atoms with Gasteiger partial charge in [0.1, 0.15) is 33.1 Å². The molecule has 4 amide bonds. The van der Waals surface area contributed by atoms with E-state index < -0.39 is 17.7 Å². The minimum atomic E-state index is -0.663. The highest BCUT2D eigenvalue weighted by Crippen LogP contribution is 2.33. The summed E-state index contributed by atoms with van der Waals surface area (Å²) in [5.74, 6) is -0.991. The molecule has 0 atom stereocenters. The molecule has 6 N–H and O–H groups in total. The van der Waals surface area contributed by atoms with Crippen molar-refractivity contribution in [3.63, 3.8) is 0 Å². The molecular formula is C46H57N13O6S. The van der Waals surface area contributed by atoms with E-state index in [9.17, 15) is 19.2 Å². The number of primary amides is 2. The van der Waals surface area contributed by atoms with Crippen LogP contribution in [0.1, 0.15) is 90.9 Å². The maximum absolute atomic E-state index is 13.9. The molecule has 19 nitrogen and oxygen atoms in total. The smallest absolute Gasteiger partial charge is 0.276 e. The van der Waals surface area contributed by atoms with Crippen LogP contribution in [0.15, 0.2) is 54.8 Å². The first-order valence-corrected chi connectivity index (χ1v) is 22.8. The second kappa shape index (κ2) is 20.4. The molecule has 1 aliphatic rings. The zero-order chi connectivity index (χ0) is 47.2. The van der Waals surface area contributed by atoms with Crippen molar-refractivity contribution >= 4 is 68.9 Å². The van der Waals surface area contributed by atoms with Gasteiger partial charge in [0, 0.05) is 69.2 Å². The van der Waals surface area contributed by atoms with Gasteiger partial charge in [0.05, 0.1) is 41.1 Å². The van der Waals surface area contributed by atoms with Crippen LogP contribution in [0, 0.1) is 13.8 Å². The Bertz CT molecular complexity index is 2840. The summed E-state index contributed by atoms with van der Waals surface area (Å²) in [6, 6.07) is 7.97. The monoisotopic (exact) mass is 919 g/mol. The molecule has 348 valence electrons. The summed E-state index contributed by atoms with van der Waals surface area (Å²) in [6.07, 6.45) is 5.96. The number of allylic oxidation sites excluding steroid dienone is 3. The number of carbonyl (C=O) groups is 4. The van der Waals surface area contributed by atoms with Gasteiger partial charge >= 0.3 is 0 Å². The number of anilines is 2. The molecule has 7 rings (SSSR count). The Balaban J connectivity index is 1.22. The number of carbonyl (C=O) groups excluding carboxylic acids is 4. The summed E-state index contributed by atoms with van der Waals surface area (Å²) < 4.78 is 17.4. The van der Waals surface area contributed by atoms with Crippen LogP contribution in [0.3, 0.4) is 0 Å². The number of hydrogen-bond acceptors (Lipinski definition) is 13. The van der Waals surface area contributed by atoms with Crippen molar-refractivity contribution in [1.29, 1.82) is 0 Å². The summed E-state index contributed by atoms with van der Waals surface area (Å²) in [5, 5.41) is 11.1. The number of hydrogen-bond donors (Lipinski definition) is 4. The number of aryl methyl sites for hydroxylation is 4. The summed E-state index contributed by atoms with van der Waals surface area (Å²) >= 11 is 1.30. The van der Waals surface area contributed by atoms with E-state index in [1.165, 1.54) is 24.5 Å². The van der Waals surface area contributed by atoms with E-state index in [4.69, 9.17) is 30.9 Å². The van der Waals surface area contributed by atoms with Gasteiger partial charge in [-0.25, -0.2) is 15.0 Å². The topological polar surface area (TPSA) is 236 Å². The number of rotatable bonds is 20. The number of nitrogens with two attached hydrogens (primary N) is 2.